The van der Waals surface area contributed by atoms with E-state index in [4.69, 9.17) is 22.1 Å². The van der Waals surface area contributed by atoms with Crippen molar-refractivity contribution in [1.82, 2.24) is 5.32 Å². The number of hydrogen-bond acceptors (Lipinski definition) is 3. The Morgan fingerprint density at radius 3 is 2.64 bits per heavy atom. The highest BCUT2D eigenvalue weighted by atomic mass is 35.5. The van der Waals surface area contributed by atoms with Gasteiger partial charge in [-0.1, -0.05) is 11.6 Å². The number of nitrogens with one attached hydrogen (secondary N) is 1. The van der Waals surface area contributed by atoms with Crippen LogP contribution in [0.5, 0.6) is 5.75 Å². The van der Waals surface area contributed by atoms with Crippen LogP contribution in [0.3, 0.4) is 0 Å². The fourth-order valence-electron chi connectivity index (χ4n) is 1.25. The summed E-state index contributed by atoms with van der Waals surface area (Å²) in [4.78, 5) is 0. The maximum atomic E-state index is 6.06. The molecule has 1 aromatic rings. The summed E-state index contributed by atoms with van der Waals surface area (Å²) < 4.78 is 5.12. The number of ether oxygens (including phenoxy) is 1. The van der Waals surface area contributed by atoms with E-state index in [0.29, 0.717) is 16.5 Å². The predicted octanol–water partition coefficient (Wildman–Crippen LogP) is 2.21. The maximum Gasteiger partial charge on any atom is 0.142 e. The molecule has 0 aliphatic carbocycles. The molecule has 0 aromatic heterocycles. The fourth-order valence-corrected chi connectivity index (χ4v) is 1.58. The topological polar surface area (TPSA) is 47.3 Å². The summed E-state index contributed by atoms with van der Waals surface area (Å²) in [5, 5.41) is 3.77. The number of rotatable bonds is 3. The number of benzene rings is 1. The van der Waals surface area contributed by atoms with Crippen molar-refractivity contribution in [2.24, 2.45) is 0 Å². The highest BCUT2D eigenvalue weighted by Crippen LogP contribution is 2.32. The molecule has 0 heterocycles. The van der Waals surface area contributed by atoms with Crippen molar-refractivity contribution in [3.05, 3.63) is 22.7 Å². The summed E-state index contributed by atoms with van der Waals surface area (Å²) in [6, 6.07) is 3.75. The molecular weight excluding hydrogens is 200 g/mol. The van der Waals surface area contributed by atoms with E-state index in [1.54, 1.807) is 13.2 Å². The standard InChI is InChI=1S/C10H15ClN2O/c1-6(13-2)7-4-10(14-3)9(12)5-8(7)11/h4-6,13H,12H2,1-3H3/t6-/m0/s1. The van der Waals surface area contributed by atoms with Crippen LogP contribution in [0.15, 0.2) is 12.1 Å². The summed E-state index contributed by atoms with van der Waals surface area (Å²) in [5.41, 5.74) is 7.26. The van der Waals surface area contributed by atoms with Gasteiger partial charge in [-0.2, -0.15) is 0 Å². The molecule has 0 saturated heterocycles. The minimum atomic E-state index is 0.178. The van der Waals surface area contributed by atoms with E-state index in [0.717, 1.165) is 5.56 Å². The molecule has 78 valence electrons. The smallest absolute Gasteiger partial charge is 0.142 e. The minimum absolute atomic E-state index is 0.178. The van der Waals surface area contributed by atoms with Gasteiger partial charge in [0.1, 0.15) is 5.75 Å². The third-order valence-electron chi connectivity index (χ3n) is 2.25. The van der Waals surface area contributed by atoms with Crippen LogP contribution in [-0.4, -0.2) is 14.2 Å². The zero-order valence-electron chi connectivity index (χ0n) is 8.60. The molecule has 0 fully saturated rings. The lowest BCUT2D eigenvalue weighted by Gasteiger charge is -2.15. The van der Waals surface area contributed by atoms with Gasteiger partial charge in [0.25, 0.3) is 0 Å². The minimum Gasteiger partial charge on any atom is -0.495 e. The van der Waals surface area contributed by atoms with E-state index in [2.05, 4.69) is 5.32 Å². The summed E-state index contributed by atoms with van der Waals surface area (Å²) in [7, 11) is 3.47. The number of halogens is 1. The molecule has 3 nitrogen and oxygen atoms in total. The van der Waals surface area contributed by atoms with Crippen LogP contribution in [0, 0.1) is 0 Å². The highest BCUT2D eigenvalue weighted by molar-refractivity contribution is 6.31. The van der Waals surface area contributed by atoms with Gasteiger partial charge in [0.15, 0.2) is 0 Å². The Bertz CT molecular complexity index is 328. The second-order valence-corrected chi connectivity index (χ2v) is 3.53. The molecule has 1 aromatic carbocycles. The van der Waals surface area contributed by atoms with E-state index >= 15 is 0 Å². The van der Waals surface area contributed by atoms with E-state index in [9.17, 15) is 0 Å². The van der Waals surface area contributed by atoms with Crippen molar-refractivity contribution in [3.63, 3.8) is 0 Å². The SMILES string of the molecule is CN[C@@H](C)c1cc(OC)c(N)cc1Cl. The van der Waals surface area contributed by atoms with E-state index in [1.165, 1.54) is 0 Å². The van der Waals surface area contributed by atoms with Crippen molar-refractivity contribution >= 4 is 17.3 Å². The zero-order valence-corrected chi connectivity index (χ0v) is 9.35. The maximum absolute atomic E-state index is 6.06. The molecule has 14 heavy (non-hydrogen) atoms. The Morgan fingerprint density at radius 2 is 2.14 bits per heavy atom. The van der Waals surface area contributed by atoms with Gasteiger partial charge in [0.2, 0.25) is 0 Å². The quantitative estimate of drug-likeness (QED) is 0.759. The van der Waals surface area contributed by atoms with Crippen LogP contribution >= 0.6 is 11.6 Å². The molecule has 1 atom stereocenters. The number of methoxy groups -OCH3 is 1. The summed E-state index contributed by atoms with van der Waals surface area (Å²) in [6.45, 7) is 2.02. The molecule has 1 rings (SSSR count). The van der Waals surface area contributed by atoms with Crippen molar-refractivity contribution in [1.29, 1.82) is 0 Å². The Kier molecular flexibility index (Phi) is 3.61. The lowest BCUT2D eigenvalue weighted by Crippen LogP contribution is -2.13. The monoisotopic (exact) mass is 214 g/mol. The number of hydrogen-bond donors (Lipinski definition) is 2. The van der Waals surface area contributed by atoms with Crippen molar-refractivity contribution < 1.29 is 4.74 Å². The van der Waals surface area contributed by atoms with Gasteiger partial charge in [-0.25, -0.2) is 0 Å². The summed E-state index contributed by atoms with van der Waals surface area (Å²) in [6.07, 6.45) is 0. The Hall–Kier alpha value is -0.930. The average molecular weight is 215 g/mol. The molecule has 4 heteroatoms. The van der Waals surface area contributed by atoms with Crippen molar-refractivity contribution in [2.75, 3.05) is 19.9 Å². The number of nitrogens with two attached hydrogens (primary N) is 1. The molecule has 0 bridgehead atoms. The molecular formula is C10H15ClN2O. The van der Waals surface area contributed by atoms with Gasteiger partial charge in [-0.05, 0) is 31.7 Å². The Morgan fingerprint density at radius 1 is 1.50 bits per heavy atom. The predicted molar refractivity (Wildman–Crippen MR) is 59.9 cm³/mol. The first kappa shape index (κ1) is 11.1. The van der Waals surface area contributed by atoms with Gasteiger partial charge in [-0.3, -0.25) is 0 Å². The van der Waals surface area contributed by atoms with E-state index < -0.39 is 0 Å². The van der Waals surface area contributed by atoms with Crippen LogP contribution < -0.4 is 15.8 Å². The Balaban J connectivity index is 3.17. The summed E-state index contributed by atoms with van der Waals surface area (Å²) >= 11 is 6.06. The fraction of sp³-hybridized carbons (Fsp3) is 0.400. The van der Waals surface area contributed by atoms with Crippen molar-refractivity contribution in [2.45, 2.75) is 13.0 Å². The van der Waals surface area contributed by atoms with Gasteiger partial charge in [0, 0.05) is 11.1 Å². The van der Waals surface area contributed by atoms with E-state index in [1.807, 2.05) is 20.0 Å². The van der Waals surface area contributed by atoms with Gasteiger partial charge >= 0.3 is 0 Å². The van der Waals surface area contributed by atoms with Crippen LogP contribution in [0.25, 0.3) is 0 Å². The molecule has 0 spiro atoms. The average Bonchev–Trinajstić information content (AvgIpc) is 2.17. The first-order chi connectivity index (χ1) is 6.60. The lowest BCUT2D eigenvalue weighted by molar-refractivity contribution is 0.416. The first-order valence-electron chi connectivity index (χ1n) is 4.40. The molecule has 0 aliphatic heterocycles. The molecule has 0 radical (unpaired) electrons. The first-order valence-corrected chi connectivity index (χ1v) is 4.78. The van der Waals surface area contributed by atoms with Gasteiger partial charge in [-0.15, -0.1) is 0 Å². The van der Waals surface area contributed by atoms with Crippen LogP contribution in [-0.2, 0) is 0 Å². The number of anilines is 1. The van der Waals surface area contributed by atoms with Crippen LogP contribution in [0.1, 0.15) is 18.5 Å². The van der Waals surface area contributed by atoms with E-state index in [-0.39, 0.29) is 6.04 Å². The van der Waals surface area contributed by atoms with Crippen molar-refractivity contribution in [3.8, 4) is 5.75 Å². The second kappa shape index (κ2) is 4.53. The second-order valence-electron chi connectivity index (χ2n) is 3.13. The molecule has 3 N–H and O–H groups in total. The third kappa shape index (κ3) is 2.11. The number of nitrogen functional groups attached to an aromatic ring is 1. The molecule has 0 amide bonds. The Labute approximate surface area is 89.2 Å². The normalized spacial score (nSPS) is 12.6. The molecule has 0 saturated carbocycles. The van der Waals surface area contributed by atoms with Crippen LogP contribution in [0.2, 0.25) is 5.02 Å². The van der Waals surface area contributed by atoms with Crippen LogP contribution in [0.4, 0.5) is 5.69 Å². The lowest BCUT2D eigenvalue weighted by atomic mass is 10.1. The van der Waals surface area contributed by atoms with Gasteiger partial charge < -0.3 is 15.8 Å². The molecule has 0 aliphatic rings. The molecule has 0 unspecified atom stereocenters. The third-order valence-corrected chi connectivity index (χ3v) is 2.58. The van der Waals surface area contributed by atoms with Gasteiger partial charge in [0.05, 0.1) is 12.8 Å². The largest absolute Gasteiger partial charge is 0.495 e. The zero-order chi connectivity index (χ0) is 10.7. The summed E-state index contributed by atoms with van der Waals surface area (Å²) in [5.74, 6) is 0.659. The highest BCUT2D eigenvalue weighted by Gasteiger charge is 2.11.